The summed E-state index contributed by atoms with van der Waals surface area (Å²) in [5, 5.41) is 13.0. The number of anilines is 1. The van der Waals surface area contributed by atoms with Crippen LogP contribution >= 0.6 is 0 Å². The van der Waals surface area contributed by atoms with E-state index in [9.17, 15) is 22.7 Å². The second kappa shape index (κ2) is 6.77. The highest BCUT2D eigenvalue weighted by Gasteiger charge is 2.36. The van der Waals surface area contributed by atoms with Crippen molar-refractivity contribution in [2.75, 3.05) is 11.6 Å². The summed E-state index contributed by atoms with van der Waals surface area (Å²) in [6.45, 7) is 0.0348. The molecule has 28 heavy (non-hydrogen) atoms. The largest absolute Gasteiger partial charge is 0.508 e. The maximum absolute atomic E-state index is 13.8. The number of benzene rings is 2. The summed E-state index contributed by atoms with van der Waals surface area (Å²) in [6.07, 6.45) is 0. The van der Waals surface area contributed by atoms with E-state index >= 15 is 0 Å². The molecule has 4 rings (SSSR count). The molecule has 0 saturated carbocycles. The fourth-order valence-electron chi connectivity index (χ4n) is 3.02. The third-order valence-corrected chi connectivity index (χ3v) is 6.14. The fourth-order valence-corrected chi connectivity index (χ4v) is 4.63. The zero-order valence-electron chi connectivity index (χ0n) is 14.4. The summed E-state index contributed by atoms with van der Waals surface area (Å²) < 4.78 is 45.5. The molecule has 1 aliphatic rings. The number of aromatic nitrogens is 2. The molecule has 2 heterocycles. The second-order valence-corrected chi connectivity index (χ2v) is 8.18. The van der Waals surface area contributed by atoms with Crippen molar-refractivity contribution in [3.05, 3.63) is 70.2 Å². The van der Waals surface area contributed by atoms with Gasteiger partial charge in [0.2, 0.25) is 10.0 Å². The van der Waals surface area contributed by atoms with Crippen LogP contribution in [0.4, 0.5) is 10.1 Å². The number of hydrogen-bond acceptors (Lipinski definition) is 7. The van der Waals surface area contributed by atoms with E-state index in [4.69, 9.17) is 0 Å². The zero-order chi connectivity index (χ0) is 19.9. The molecule has 0 aliphatic carbocycles. The number of nitrogens with zero attached hydrogens (tertiary/aromatic N) is 3. The maximum atomic E-state index is 13.8. The Bertz CT molecular complexity index is 1170. The van der Waals surface area contributed by atoms with Crippen LogP contribution in [0.15, 0.2) is 56.7 Å². The number of fused-ring (bicyclic) bond motifs is 1. The summed E-state index contributed by atoms with van der Waals surface area (Å²) >= 11 is 0. The van der Waals surface area contributed by atoms with E-state index in [0.717, 1.165) is 6.07 Å². The molecule has 9 nitrogen and oxygen atoms in total. The number of H-pyrrole nitrogens is 1. The first kappa shape index (κ1) is 18.2. The van der Waals surface area contributed by atoms with E-state index in [1.807, 2.05) is 0 Å². The van der Waals surface area contributed by atoms with Crippen LogP contribution in [0.5, 0.6) is 5.75 Å². The highest BCUT2D eigenvalue weighted by Crippen LogP contribution is 2.35. The molecule has 1 aliphatic heterocycles. The van der Waals surface area contributed by atoms with Gasteiger partial charge in [0.25, 0.3) is 0 Å². The third kappa shape index (κ3) is 3.37. The van der Waals surface area contributed by atoms with Crippen molar-refractivity contribution in [1.82, 2.24) is 14.4 Å². The predicted octanol–water partition coefficient (Wildman–Crippen LogP) is 1.38. The summed E-state index contributed by atoms with van der Waals surface area (Å²) in [7, 11) is -3.96. The average Bonchev–Trinajstić information content (AvgIpc) is 3.06. The van der Waals surface area contributed by atoms with Crippen molar-refractivity contribution in [3.63, 3.8) is 0 Å². The lowest BCUT2D eigenvalue weighted by Gasteiger charge is -2.37. The molecular formula is C17H15FN4O5S. The van der Waals surface area contributed by atoms with Crippen molar-refractivity contribution in [3.8, 4) is 5.75 Å². The number of phenols is 1. The smallest absolute Gasteiger partial charge is 0.438 e. The highest BCUT2D eigenvalue weighted by atomic mass is 32.2. The van der Waals surface area contributed by atoms with Gasteiger partial charge >= 0.3 is 5.76 Å². The minimum atomic E-state index is -3.96. The molecule has 0 radical (unpaired) electrons. The Labute approximate surface area is 158 Å². The van der Waals surface area contributed by atoms with E-state index in [-0.39, 0.29) is 36.2 Å². The first-order chi connectivity index (χ1) is 13.3. The van der Waals surface area contributed by atoms with Crippen molar-refractivity contribution < 1.29 is 22.4 Å². The van der Waals surface area contributed by atoms with Gasteiger partial charge in [0, 0.05) is 6.54 Å². The average molecular weight is 406 g/mol. The lowest BCUT2D eigenvalue weighted by molar-refractivity contribution is 0.371. The van der Waals surface area contributed by atoms with Gasteiger partial charge in [0.1, 0.15) is 16.5 Å². The van der Waals surface area contributed by atoms with Gasteiger partial charge in [0.05, 0.1) is 18.9 Å². The van der Waals surface area contributed by atoms with E-state index in [1.54, 1.807) is 17.0 Å². The topological polar surface area (TPSA) is 120 Å². The normalized spacial score (nSPS) is 16.1. The molecule has 2 aromatic carbocycles. The van der Waals surface area contributed by atoms with Gasteiger partial charge in [-0.15, -0.1) is 0 Å². The monoisotopic (exact) mass is 406 g/mol. The fraction of sp³-hybridized carbons (Fsp3) is 0.176. The quantitative estimate of drug-likeness (QED) is 0.672. The Kier molecular flexibility index (Phi) is 4.40. The number of sulfonamides is 1. The van der Waals surface area contributed by atoms with Gasteiger partial charge in [-0.25, -0.2) is 17.6 Å². The molecule has 0 unspecified atom stereocenters. The van der Waals surface area contributed by atoms with Crippen LogP contribution in [0.1, 0.15) is 11.4 Å². The number of aromatic hydroxyl groups is 1. The van der Waals surface area contributed by atoms with Crippen molar-refractivity contribution >= 4 is 15.7 Å². The molecule has 3 aromatic rings. The van der Waals surface area contributed by atoms with E-state index in [2.05, 4.69) is 14.7 Å². The van der Waals surface area contributed by atoms with Crippen molar-refractivity contribution in [2.24, 2.45) is 0 Å². The van der Waals surface area contributed by atoms with Crippen LogP contribution in [0.25, 0.3) is 0 Å². The lowest BCUT2D eigenvalue weighted by Crippen LogP contribution is -2.45. The molecule has 0 fully saturated rings. The molecule has 0 spiro atoms. The number of phenolic OH excluding ortho intramolecular Hbond substituents is 1. The lowest BCUT2D eigenvalue weighted by atomic mass is 10.2. The van der Waals surface area contributed by atoms with Crippen molar-refractivity contribution in [2.45, 2.75) is 18.0 Å². The molecule has 0 amide bonds. The van der Waals surface area contributed by atoms with Gasteiger partial charge in [-0.1, -0.05) is 17.3 Å². The molecule has 1 aromatic heterocycles. The summed E-state index contributed by atoms with van der Waals surface area (Å²) in [5.74, 6) is -1.12. The van der Waals surface area contributed by atoms with Gasteiger partial charge in [-0.2, -0.15) is 4.31 Å². The standard InChI is InChI=1S/C17H15FN4O5S/c18-12-3-6-14-15(7-12)28(25,26)22(8-11-1-4-13(23)5-2-11)10-21(14)9-16-19-17(24)27-20-16/h1-7,23H,8-10H2,(H,19,20,24). The van der Waals surface area contributed by atoms with Crippen molar-refractivity contribution in [1.29, 1.82) is 0 Å². The highest BCUT2D eigenvalue weighted by molar-refractivity contribution is 7.89. The number of hydrogen-bond donors (Lipinski definition) is 2. The molecule has 146 valence electrons. The van der Waals surface area contributed by atoms with E-state index < -0.39 is 21.6 Å². The minimum absolute atomic E-state index is 0.0183. The Morgan fingerprint density at radius 3 is 2.61 bits per heavy atom. The Hall–Kier alpha value is -3.18. The molecule has 0 bridgehead atoms. The molecular weight excluding hydrogens is 391 g/mol. The van der Waals surface area contributed by atoms with Gasteiger partial charge in [-0.05, 0) is 35.9 Å². The Morgan fingerprint density at radius 2 is 1.93 bits per heavy atom. The second-order valence-electron chi connectivity index (χ2n) is 6.27. The molecule has 0 saturated heterocycles. The number of nitrogens with one attached hydrogen (secondary N) is 1. The van der Waals surface area contributed by atoms with Gasteiger partial charge in [-0.3, -0.25) is 9.51 Å². The first-order valence-corrected chi connectivity index (χ1v) is 9.64. The minimum Gasteiger partial charge on any atom is -0.508 e. The van der Waals surface area contributed by atoms with Crippen LogP contribution in [0, 0.1) is 5.82 Å². The third-order valence-electron chi connectivity index (χ3n) is 4.33. The number of halogens is 1. The van der Waals surface area contributed by atoms with Crippen LogP contribution in [0.2, 0.25) is 0 Å². The number of aromatic amines is 1. The summed E-state index contributed by atoms with van der Waals surface area (Å²) in [4.78, 5) is 15.1. The van der Waals surface area contributed by atoms with Gasteiger partial charge in [0.15, 0.2) is 5.82 Å². The Morgan fingerprint density at radius 1 is 1.18 bits per heavy atom. The first-order valence-electron chi connectivity index (χ1n) is 8.20. The van der Waals surface area contributed by atoms with Gasteiger partial charge < -0.3 is 10.0 Å². The molecule has 0 atom stereocenters. The van der Waals surface area contributed by atoms with Crippen LogP contribution in [-0.2, 0) is 23.1 Å². The number of rotatable bonds is 4. The summed E-state index contributed by atoms with van der Waals surface area (Å²) in [5.41, 5.74) is 0.947. The van der Waals surface area contributed by atoms with E-state index in [0.29, 0.717) is 11.3 Å². The van der Waals surface area contributed by atoms with Crippen LogP contribution in [-0.4, -0.2) is 34.6 Å². The SMILES string of the molecule is O=c1[nH]c(CN2CN(Cc3ccc(O)cc3)S(=O)(=O)c3cc(F)ccc32)no1. The zero-order valence-corrected chi connectivity index (χ0v) is 15.2. The molecule has 2 N–H and O–H groups in total. The van der Waals surface area contributed by atoms with E-state index in [1.165, 1.54) is 28.6 Å². The molecule has 11 heteroatoms. The van der Waals surface area contributed by atoms with Crippen LogP contribution < -0.4 is 10.7 Å². The summed E-state index contributed by atoms with van der Waals surface area (Å²) in [6, 6.07) is 9.62. The maximum Gasteiger partial charge on any atom is 0.438 e. The Balaban J connectivity index is 1.73. The predicted molar refractivity (Wildman–Crippen MR) is 95.4 cm³/mol. The van der Waals surface area contributed by atoms with Crippen LogP contribution in [0.3, 0.4) is 0 Å².